The Labute approximate surface area is 179 Å². The smallest absolute Gasteiger partial charge is 0.236 e. The maximum absolute atomic E-state index is 13.0. The Morgan fingerprint density at radius 3 is 2.60 bits per heavy atom. The van der Waals surface area contributed by atoms with Crippen molar-refractivity contribution >= 4 is 34.1 Å². The Morgan fingerprint density at radius 2 is 1.87 bits per heavy atom. The summed E-state index contributed by atoms with van der Waals surface area (Å²) in [5.41, 5.74) is 2.34. The van der Waals surface area contributed by atoms with Gasteiger partial charge in [0.25, 0.3) is 0 Å². The lowest BCUT2D eigenvalue weighted by Gasteiger charge is -2.00. The van der Waals surface area contributed by atoms with E-state index in [9.17, 15) is 9.18 Å². The van der Waals surface area contributed by atoms with Crippen LogP contribution in [0.1, 0.15) is 0 Å². The Bertz CT molecular complexity index is 1140. The predicted octanol–water partition coefficient (Wildman–Crippen LogP) is 4.47. The maximum Gasteiger partial charge on any atom is 0.236 e. The number of hydrogen-bond donors (Lipinski definition) is 2. The molecule has 0 aliphatic rings. The Balaban J connectivity index is 1.32. The maximum atomic E-state index is 13.0. The minimum atomic E-state index is -0.304. The molecule has 10 heteroatoms. The summed E-state index contributed by atoms with van der Waals surface area (Å²) in [4.78, 5) is 21.0. The minimum absolute atomic E-state index is 0.144. The van der Waals surface area contributed by atoms with Crippen molar-refractivity contribution in [2.24, 2.45) is 0 Å². The van der Waals surface area contributed by atoms with Crippen LogP contribution in [0, 0.1) is 5.82 Å². The first kappa shape index (κ1) is 20.0. The van der Waals surface area contributed by atoms with E-state index in [2.05, 4.69) is 25.5 Å². The molecular weight excluding hydrogens is 425 g/mol. The molecule has 4 rings (SSSR count). The van der Waals surface area contributed by atoms with Crippen LogP contribution in [-0.2, 0) is 4.79 Å². The first-order valence-electron chi connectivity index (χ1n) is 8.81. The highest BCUT2D eigenvalue weighted by atomic mass is 32.2. The van der Waals surface area contributed by atoms with Crippen molar-refractivity contribution in [2.45, 2.75) is 5.16 Å². The fourth-order valence-corrected chi connectivity index (χ4v) is 3.89. The third kappa shape index (κ3) is 4.84. The second-order valence-electron chi connectivity index (χ2n) is 6.08. The standard InChI is InChI=1S/C20H16FN5O2S2/c1-28-15-8-4-13(5-9-15)18-24-20(26-25-18)30-11-17(27)23-19-22-16(10-29-19)12-2-6-14(21)7-3-12/h2-10H,11H2,1H3,(H,22,23,27)(H,24,25,26). The summed E-state index contributed by atoms with van der Waals surface area (Å²) < 4.78 is 18.2. The molecule has 2 aromatic heterocycles. The van der Waals surface area contributed by atoms with Gasteiger partial charge in [0.05, 0.1) is 18.6 Å². The van der Waals surface area contributed by atoms with E-state index in [0.717, 1.165) is 16.9 Å². The molecule has 4 aromatic rings. The third-order valence-corrected chi connectivity index (χ3v) is 5.66. The lowest BCUT2D eigenvalue weighted by Crippen LogP contribution is -2.13. The highest BCUT2D eigenvalue weighted by Gasteiger charge is 2.12. The van der Waals surface area contributed by atoms with Crippen LogP contribution in [0.4, 0.5) is 9.52 Å². The summed E-state index contributed by atoms with van der Waals surface area (Å²) in [6.45, 7) is 0. The molecule has 152 valence electrons. The number of rotatable bonds is 7. The van der Waals surface area contributed by atoms with Crippen LogP contribution in [0.3, 0.4) is 0 Å². The number of thiazole rings is 1. The number of methoxy groups -OCH3 is 1. The number of benzene rings is 2. The summed E-state index contributed by atoms with van der Waals surface area (Å²) in [5.74, 6) is 1.00. The van der Waals surface area contributed by atoms with Crippen LogP contribution in [0.5, 0.6) is 5.75 Å². The van der Waals surface area contributed by atoms with Gasteiger partial charge in [0.2, 0.25) is 11.1 Å². The van der Waals surface area contributed by atoms with Crippen LogP contribution >= 0.6 is 23.1 Å². The van der Waals surface area contributed by atoms with Crippen LogP contribution in [-0.4, -0.2) is 38.9 Å². The van der Waals surface area contributed by atoms with Gasteiger partial charge in [-0.25, -0.2) is 14.4 Å². The van der Waals surface area contributed by atoms with Crippen molar-refractivity contribution in [3.63, 3.8) is 0 Å². The quantitative estimate of drug-likeness (QED) is 0.411. The van der Waals surface area contributed by atoms with Gasteiger partial charge in [0.15, 0.2) is 11.0 Å². The molecule has 0 saturated carbocycles. The van der Waals surface area contributed by atoms with Crippen molar-refractivity contribution < 1.29 is 13.9 Å². The molecule has 0 aliphatic carbocycles. The molecule has 0 atom stereocenters. The highest BCUT2D eigenvalue weighted by Crippen LogP contribution is 2.26. The summed E-state index contributed by atoms with van der Waals surface area (Å²) in [6, 6.07) is 13.5. The molecule has 2 N–H and O–H groups in total. The summed E-state index contributed by atoms with van der Waals surface area (Å²) in [5, 5.41) is 12.5. The second kappa shape index (κ2) is 9.06. The van der Waals surface area contributed by atoms with E-state index in [1.165, 1.54) is 35.2 Å². The van der Waals surface area contributed by atoms with E-state index in [-0.39, 0.29) is 17.5 Å². The van der Waals surface area contributed by atoms with Gasteiger partial charge in [0, 0.05) is 16.5 Å². The number of aromatic nitrogens is 4. The molecule has 0 unspecified atom stereocenters. The molecule has 0 spiro atoms. The molecule has 0 bridgehead atoms. The summed E-state index contributed by atoms with van der Waals surface area (Å²) in [6.07, 6.45) is 0. The van der Waals surface area contributed by atoms with Crippen LogP contribution < -0.4 is 10.1 Å². The third-order valence-electron chi connectivity index (χ3n) is 4.05. The number of amides is 1. The van der Waals surface area contributed by atoms with E-state index < -0.39 is 0 Å². The predicted molar refractivity (Wildman–Crippen MR) is 115 cm³/mol. The molecule has 1 amide bonds. The molecule has 0 aliphatic heterocycles. The number of anilines is 1. The van der Waals surface area contributed by atoms with Crippen molar-refractivity contribution in [1.82, 2.24) is 20.2 Å². The number of hydrogen-bond acceptors (Lipinski definition) is 7. The molecule has 0 radical (unpaired) electrons. The first-order valence-corrected chi connectivity index (χ1v) is 10.7. The van der Waals surface area contributed by atoms with Gasteiger partial charge < -0.3 is 10.1 Å². The average Bonchev–Trinajstić information content (AvgIpc) is 3.43. The Kier molecular flexibility index (Phi) is 6.05. The number of aromatic amines is 1. The molecule has 2 aromatic carbocycles. The molecule has 0 fully saturated rings. The zero-order valence-electron chi connectivity index (χ0n) is 15.8. The van der Waals surface area contributed by atoms with Crippen molar-refractivity contribution in [1.29, 1.82) is 0 Å². The average molecular weight is 442 g/mol. The summed E-state index contributed by atoms with van der Waals surface area (Å²) in [7, 11) is 1.61. The van der Waals surface area contributed by atoms with Gasteiger partial charge in [-0.2, -0.15) is 0 Å². The van der Waals surface area contributed by atoms with E-state index in [1.54, 1.807) is 19.2 Å². The lowest BCUT2D eigenvalue weighted by atomic mass is 10.2. The van der Waals surface area contributed by atoms with Crippen molar-refractivity contribution in [3.8, 4) is 28.4 Å². The van der Waals surface area contributed by atoms with Gasteiger partial charge in [0.1, 0.15) is 11.6 Å². The fraction of sp³-hybridized carbons (Fsp3) is 0.100. The Morgan fingerprint density at radius 1 is 1.13 bits per heavy atom. The molecule has 0 saturated heterocycles. The number of ether oxygens (including phenoxy) is 1. The normalized spacial score (nSPS) is 10.7. The zero-order chi connectivity index (χ0) is 20.9. The fourth-order valence-electron chi connectivity index (χ4n) is 2.56. The summed E-state index contributed by atoms with van der Waals surface area (Å²) >= 11 is 2.53. The topological polar surface area (TPSA) is 92.8 Å². The molecule has 7 nitrogen and oxygen atoms in total. The van der Waals surface area contributed by atoms with Crippen LogP contribution in [0.2, 0.25) is 0 Å². The minimum Gasteiger partial charge on any atom is -0.497 e. The largest absolute Gasteiger partial charge is 0.497 e. The van der Waals surface area contributed by atoms with Gasteiger partial charge in [-0.05, 0) is 48.5 Å². The number of thioether (sulfide) groups is 1. The van der Waals surface area contributed by atoms with Gasteiger partial charge in [-0.3, -0.25) is 9.89 Å². The van der Waals surface area contributed by atoms with Gasteiger partial charge >= 0.3 is 0 Å². The highest BCUT2D eigenvalue weighted by molar-refractivity contribution is 7.99. The monoisotopic (exact) mass is 441 g/mol. The number of H-pyrrole nitrogens is 1. The van der Waals surface area contributed by atoms with E-state index in [0.29, 0.717) is 21.8 Å². The first-order chi connectivity index (χ1) is 14.6. The lowest BCUT2D eigenvalue weighted by molar-refractivity contribution is -0.113. The second-order valence-corrected chi connectivity index (χ2v) is 7.88. The van der Waals surface area contributed by atoms with Crippen molar-refractivity contribution in [2.75, 3.05) is 18.2 Å². The Hall–Kier alpha value is -3.24. The van der Waals surface area contributed by atoms with Crippen molar-refractivity contribution in [3.05, 3.63) is 59.7 Å². The molecule has 30 heavy (non-hydrogen) atoms. The number of halogens is 1. The van der Waals surface area contributed by atoms with Crippen LogP contribution in [0.25, 0.3) is 22.6 Å². The number of nitrogens with one attached hydrogen (secondary N) is 2. The number of carbonyl (C=O) groups is 1. The number of carbonyl (C=O) groups excluding carboxylic acids is 1. The number of nitrogens with zero attached hydrogens (tertiary/aromatic N) is 3. The van der Waals surface area contributed by atoms with Gasteiger partial charge in [-0.1, -0.05) is 11.8 Å². The van der Waals surface area contributed by atoms with E-state index >= 15 is 0 Å². The SMILES string of the molecule is COc1ccc(-c2nc(SCC(=O)Nc3nc(-c4ccc(F)cc4)cs3)n[nH]2)cc1. The van der Waals surface area contributed by atoms with E-state index in [4.69, 9.17) is 4.74 Å². The molecular formula is C20H16FN5O2S2. The van der Waals surface area contributed by atoms with E-state index in [1.807, 2.05) is 29.6 Å². The molecule has 2 heterocycles. The van der Waals surface area contributed by atoms with Gasteiger partial charge in [-0.15, -0.1) is 16.4 Å². The zero-order valence-corrected chi connectivity index (χ0v) is 17.4. The van der Waals surface area contributed by atoms with Crippen LogP contribution in [0.15, 0.2) is 59.1 Å².